The molecule has 0 aliphatic carbocycles. The standard InChI is InChI=1S/C32H41N3O7S/c1-8-42-26-16-14-25(15-17-26)35(43(38,39)27-18-19-28(40-6)29(20-27)41-7)22-30(36)34(21-24-12-10-9-11-13-24)23(2)31(37)33-32(3,4)5/h9-20,23H,8,21-22H2,1-7H3,(H,33,37)/t23-/m1/s1. The van der Waals surface area contributed by atoms with Crippen molar-refractivity contribution in [3.8, 4) is 17.2 Å². The Hall–Kier alpha value is -4.25. The van der Waals surface area contributed by atoms with Crippen LogP contribution in [0.25, 0.3) is 0 Å². The average Bonchev–Trinajstić information content (AvgIpc) is 2.98. The highest BCUT2D eigenvalue weighted by atomic mass is 32.2. The van der Waals surface area contributed by atoms with Crippen molar-refractivity contribution in [2.24, 2.45) is 0 Å². The topological polar surface area (TPSA) is 114 Å². The van der Waals surface area contributed by atoms with Gasteiger partial charge in [0.2, 0.25) is 11.8 Å². The number of anilines is 1. The molecule has 0 saturated carbocycles. The predicted octanol–water partition coefficient (Wildman–Crippen LogP) is 4.63. The SMILES string of the molecule is CCOc1ccc(N(CC(=O)N(Cc2ccccc2)[C@H](C)C(=O)NC(C)(C)C)S(=O)(=O)c2ccc(OC)c(OC)c2)cc1. The minimum atomic E-state index is -4.30. The molecule has 232 valence electrons. The number of carbonyl (C=O) groups is 2. The number of hydrogen-bond acceptors (Lipinski definition) is 7. The zero-order chi connectivity index (χ0) is 31.8. The Labute approximate surface area is 254 Å². The number of sulfonamides is 1. The second kappa shape index (κ2) is 14.3. The van der Waals surface area contributed by atoms with E-state index in [0.717, 1.165) is 9.87 Å². The van der Waals surface area contributed by atoms with Crippen molar-refractivity contribution in [1.29, 1.82) is 0 Å². The van der Waals surface area contributed by atoms with Crippen molar-refractivity contribution >= 4 is 27.5 Å². The van der Waals surface area contributed by atoms with Crippen LogP contribution in [0.15, 0.2) is 77.7 Å². The highest BCUT2D eigenvalue weighted by molar-refractivity contribution is 7.92. The normalized spacial score (nSPS) is 12.2. The van der Waals surface area contributed by atoms with Gasteiger partial charge in [-0.05, 0) is 76.6 Å². The van der Waals surface area contributed by atoms with E-state index in [4.69, 9.17) is 14.2 Å². The number of ether oxygens (including phenoxy) is 3. The van der Waals surface area contributed by atoms with Crippen LogP contribution in [-0.2, 0) is 26.2 Å². The fraction of sp³-hybridized carbons (Fsp3) is 0.375. The Morgan fingerprint density at radius 3 is 2.09 bits per heavy atom. The molecule has 0 aliphatic heterocycles. The molecule has 1 N–H and O–H groups in total. The lowest BCUT2D eigenvalue weighted by molar-refractivity contribution is -0.140. The van der Waals surface area contributed by atoms with Crippen LogP contribution < -0.4 is 23.8 Å². The lowest BCUT2D eigenvalue weighted by atomic mass is 10.1. The molecule has 2 amide bonds. The first-order valence-corrected chi connectivity index (χ1v) is 15.4. The zero-order valence-corrected chi connectivity index (χ0v) is 26.6. The van der Waals surface area contributed by atoms with Gasteiger partial charge < -0.3 is 24.4 Å². The molecule has 3 rings (SSSR count). The van der Waals surface area contributed by atoms with E-state index in [-0.39, 0.29) is 28.8 Å². The summed E-state index contributed by atoms with van der Waals surface area (Å²) < 4.78 is 45.5. The Morgan fingerprint density at radius 2 is 1.53 bits per heavy atom. The minimum absolute atomic E-state index is 0.0973. The molecule has 0 heterocycles. The number of carbonyl (C=O) groups excluding carboxylic acids is 2. The first-order chi connectivity index (χ1) is 20.3. The molecular weight excluding hydrogens is 570 g/mol. The number of nitrogens with zero attached hydrogens (tertiary/aromatic N) is 2. The summed E-state index contributed by atoms with van der Waals surface area (Å²) in [5.41, 5.74) is 0.512. The van der Waals surface area contributed by atoms with Crippen LogP contribution in [0.5, 0.6) is 17.2 Å². The van der Waals surface area contributed by atoms with E-state index in [9.17, 15) is 18.0 Å². The molecule has 0 radical (unpaired) electrons. The molecule has 0 bridgehead atoms. The lowest BCUT2D eigenvalue weighted by Crippen LogP contribution is -2.54. The Balaban J connectivity index is 2.08. The molecule has 0 spiro atoms. The van der Waals surface area contributed by atoms with Crippen molar-refractivity contribution in [3.05, 3.63) is 78.4 Å². The van der Waals surface area contributed by atoms with Gasteiger partial charge in [0.05, 0.1) is 31.4 Å². The summed E-state index contributed by atoms with van der Waals surface area (Å²) in [4.78, 5) is 28.6. The van der Waals surface area contributed by atoms with Crippen LogP contribution in [0, 0.1) is 0 Å². The highest BCUT2D eigenvalue weighted by Gasteiger charge is 2.34. The monoisotopic (exact) mass is 611 g/mol. The average molecular weight is 612 g/mol. The molecule has 10 nitrogen and oxygen atoms in total. The molecular formula is C32H41N3O7S. The van der Waals surface area contributed by atoms with Crippen LogP contribution in [0.2, 0.25) is 0 Å². The quantitative estimate of drug-likeness (QED) is 0.300. The second-order valence-corrected chi connectivity index (χ2v) is 12.7. The van der Waals surface area contributed by atoms with E-state index in [0.29, 0.717) is 18.1 Å². The molecule has 43 heavy (non-hydrogen) atoms. The van der Waals surface area contributed by atoms with Crippen molar-refractivity contribution in [1.82, 2.24) is 10.2 Å². The smallest absolute Gasteiger partial charge is 0.264 e. The van der Waals surface area contributed by atoms with Crippen molar-refractivity contribution in [3.63, 3.8) is 0 Å². The van der Waals surface area contributed by atoms with E-state index >= 15 is 0 Å². The fourth-order valence-electron chi connectivity index (χ4n) is 4.35. The van der Waals surface area contributed by atoms with E-state index in [1.54, 1.807) is 31.2 Å². The Kier molecular flexibility index (Phi) is 11.0. The van der Waals surface area contributed by atoms with Gasteiger partial charge in [-0.15, -0.1) is 0 Å². The summed E-state index contributed by atoms with van der Waals surface area (Å²) in [6, 6.07) is 19.0. The number of hydrogen-bond donors (Lipinski definition) is 1. The van der Waals surface area contributed by atoms with Crippen LogP contribution in [0.4, 0.5) is 5.69 Å². The number of methoxy groups -OCH3 is 2. The predicted molar refractivity (Wildman–Crippen MR) is 166 cm³/mol. The molecule has 3 aromatic rings. The summed E-state index contributed by atoms with van der Waals surface area (Å²) in [5, 5.41) is 2.92. The minimum Gasteiger partial charge on any atom is -0.494 e. The van der Waals surface area contributed by atoms with E-state index < -0.39 is 34.1 Å². The Morgan fingerprint density at radius 1 is 0.907 bits per heavy atom. The molecule has 0 saturated heterocycles. The molecule has 0 aliphatic rings. The number of nitrogens with one attached hydrogen (secondary N) is 1. The summed E-state index contributed by atoms with van der Waals surface area (Å²) in [5.74, 6) is 0.224. The zero-order valence-electron chi connectivity index (χ0n) is 25.8. The second-order valence-electron chi connectivity index (χ2n) is 10.9. The highest BCUT2D eigenvalue weighted by Crippen LogP contribution is 2.33. The third kappa shape index (κ3) is 8.63. The van der Waals surface area contributed by atoms with Crippen LogP contribution in [0.1, 0.15) is 40.2 Å². The van der Waals surface area contributed by atoms with Crippen LogP contribution >= 0.6 is 0 Å². The fourth-order valence-corrected chi connectivity index (χ4v) is 5.78. The maximum atomic E-state index is 14.2. The first kappa shape index (κ1) is 33.3. The van der Waals surface area contributed by atoms with Gasteiger partial charge in [0.15, 0.2) is 11.5 Å². The Bertz CT molecular complexity index is 1490. The van der Waals surface area contributed by atoms with Crippen LogP contribution in [-0.4, -0.2) is 64.1 Å². The van der Waals surface area contributed by atoms with E-state index in [1.807, 2.05) is 58.0 Å². The van der Waals surface area contributed by atoms with Crippen molar-refractivity contribution < 1.29 is 32.2 Å². The summed E-state index contributed by atoms with van der Waals surface area (Å²) in [7, 11) is -1.44. The third-order valence-electron chi connectivity index (χ3n) is 6.52. The van der Waals surface area contributed by atoms with Gasteiger partial charge in [0.25, 0.3) is 10.0 Å². The van der Waals surface area contributed by atoms with Crippen molar-refractivity contribution in [2.75, 3.05) is 31.7 Å². The van der Waals surface area contributed by atoms with Crippen molar-refractivity contribution in [2.45, 2.75) is 57.6 Å². The molecule has 11 heteroatoms. The molecule has 0 unspecified atom stereocenters. The number of benzene rings is 3. The maximum Gasteiger partial charge on any atom is 0.264 e. The summed E-state index contributed by atoms with van der Waals surface area (Å²) >= 11 is 0. The van der Waals surface area contributed by atoms with Gasteiger partial charge in [-0.25, -0.2) is 8.42 Å². The first-order valence-electron chi connectivity index (χ1n) is 13.9. The van der Waals surface area contributed by atoms with Gasteiger partial charge in [-0.1, -0.05) is 30.3 Å². The largest absolute Gasteiger partial charge is 0.494 e. The molecule has 0 aromatic heterocycles. The van der Waals surface area contributed by atoms with Crippen LogP contribution in [0.3, 0.4) is 0 Å². The molecule has 3 aromatic carbocycles. The van der Waals surface area contributed by atoms with Gasteiger partial charge in [0, 0.05) is 18.2 Å². The van der Waals surface area contributed by atoms with Gasteiger partial charge >= 0.3 is 0 Å². The van der Waals surface area contributed by atoms with Gasteiger partial charge in [-0.2, -0.15) is 0 Å². The summed E-state index contributed by atoms with van der Waals surface area (Å²) in [6.45, 7) is 9.01. The van der Waals surface area contributed by atoms with Gasteiger partial charge in [0.1, 0.15) is 18.3 Å². The molecule has 1 atom stereocenters. The van der Waals surface area contributed by atoms with E-state index in [1.165, 1.54) is 37.3 Å². The van der Waals surface area contributed by atoms with Gasteiger partial charge in [-0.3, -0.25) is 13.9 Å². The lowest BCUT2D eigenvalue weighted by Gasteiger charge is -2.33. The van der Waals surface area contributed by atoms with E-state index in [2.05, 4.69) is 5.32 Å². The number of amides is 2. The third-order valence-corrected chi connectivity index (χ3v) is 8.29. The number of rotatable bonds is 13. The maximum absolute atomic E-state index is 14.2. The summed E-state index contributed by atoms with van der Waals surface area (Å²) in [6.07, 6.45) is 0. The molecule has 0 fully saturated rings.